The lowest BCUT2D eigenvalue weighted by Gasteiger charge is -2.23. The highest BCUT2D eigenvalue weighted by molar-refractivity contribution is 9.10. The summed E-state index contributed by atoms with van der Waals surface area (Å²) < 4.78 is 3.22. The molecule has 0 saturated heterocycles. The molecule has 1 atom stereocenters. The molecule has 0 fully saturated rings. The zero-order valence-corrected chi connectivity index (χ0v) is 13.3. The van der Waals surface area contributed by atoms with Gasteiger partial charge in [-0.2, -0.15) is 5.10 Å². The maximum absolute atomic E-state index is 5.88. The fraction of sp³-hybridized carbons (Fsp3) is 0.750. The lowest BCUT2D eigenvalue weighted by Crippen LogP contribution is -2.30. The highest BCUT2D eigenvalue weighted by Gasteiger charge is 2.17. The Morgan fingerprint density at radius 3 is 2.59 bits per heavy atom. The van der Waals surface area contributed by atoms with Crippen LogP contribution in [0.1, 0.15) is 32.2 Å². The molecular formula is C12H21BrClN3. The van der Waals surface area contributed by atoms with E-state index in [1.54, 1.807) is 0 Å². The monoisotopic (exact) mass is 321 g/mol. The SMILES string of the molecule is CCc1nn(CC)c(CN(C)C(C)CCl)c1Br. The highest BCUT2D eigenvalue weighted by Crippen LogP contribution is 2.24. The molecule has 0 aliphatic rings. The summed E-state index contributed by atoms with van der Waals surface area (Å²) in [5.74, 6) is 0.648. The van der Waals surface area contributed by atoms with Crippen molar-refractivity contribution >= 4 is 27.5 Å². The number of halogens is 2. The van der Waals surface area contributed by atoms with Crippen molar-refractivity contribution in [1.82, 2.24) is 14.7 Å². The predicted octanol–water partition coefficient (Wildman–Crippen LogP) is 3.29. The highest BCUT2D eigenvalue weighted by atomic mass is 79.9. The molecule has 98 valence electrons. The zero-order valence-electron chi connectivity index (χ0n) is 11.0. The molecule has 0 aromatic carbocycles. The van der Waals surface area contributed by atoms with Gasteiger partial charge in [0.1, 0.15) is 0 Å². The van der Waals surface area contributed by atoms with E-state index in [2.05, 4.69) is 58.4 Å². The Morgan fingerprint density at radius 1 is 1.47 bits per heavy atom. The third-order valence-electron chi connectivity index (χ3n) is 3.07. The Kier molecular flexibility index (Phi) is 5.97. The van der Waals surface area contributed by atoms with Crippen LogP contribution in [-0.2, 0) is 19.5 Å². The zero-order chi connectivity index (χ0) is 13.0. The van der Waals surface area contributed by atoms with Gasteiger partial charge in [0.15, 0.2) is 0 Å². The summed E-state index contributed by atoms with van der Waals surface area (Å²) in [5.41, 5.74) is 2.37. The van der Waals surface area contributed by atoms with Crippen LogP contribution in [0.4, 0.5) is 0 Å². The Hall–Kier alpha value is -0.0600. The van der Waals surface area contributed by atoms with Gasteiger partial charge in [0.2, 0.25) is 0 Å². The number of hydrogen-bond acceptors (Lipinski definition) is 2. The summed E-state index contributed by atoms with van der Waals surface area (Å²) in [7, 11) is 2.10. The quantitative estimate of drug-likeness (QED) is 0.749. The summed E-state index contributed by atoms with van der Waals surface area (Å²) in [6, 6.07) is 0.369. The van der Waals surface area contributed by atoms with E-state index in [4.69, 9.17) is 11.6 Å². The lowest BCUT2D eigenvalue weighted by molar-refractivity contribution is 0.259. The van der Waals surface area contributed by atoms with Crippen LogP contribution in [-0.4, -0.2) is 33.6 Å². The smallest absolute Gasteiger partial charge is 0.0767 e. The molecule has 1 rings (SSSR count). The first kappa shape index (κ1) is 15.0. The molecule has 3 nitrogen and oxygen atoms in total. The van der Waals surface area contributed by atoms with Crippen LogP contribution in [0.15, 0.2) is 4.47 Å². The van der Waals surface area contributed by atoms with Gasteiger partial charge in [-0.15, -0.1) is 11.6 Å². The normalized spacial score (nSPS) is 13.4. The number of aromatic nitrogens is 2. The Bertz CT molecular complexity index is 365. The Labute approximate surface area is 117 Å². The van der Waals surface area contributed by atoms with Crippen LogP contribution in [0.3, 0.4) is 0 Å². The van der Waals surface area contributed by atoms with Crippen LogP contribution in [0.5, 0.6) is 0 Å². The van der Waals surface area contributed by atoms with Crippen LogP contribution in [0, 0.1) is 0 Å². The summed E-state index contributed by atoms with van der Waals surface area (Å²) in [4.78, 5) is 2.25. The maximum atomic E-state index is 5.88. The molecular weight excluding hydrogens is 302 g/mol. The molecule has 0 N–H and O–H groups in total. The second-order valence-electron chi connectivity index (χ2n) is 4.30. The first-order valence-corrected chi connectivity index (χ1v) is 7.38. The van der Waals surface area contributed by atoms with E-state index in [9.17, 15) is 0 Å². The van der Waals surface area contributed by atoms with Crippen LogP contribution in [0.25, 0.3) is 0 Å². The van der Waals surface area contributed by atoms with E-state index in [1.807, 2.05) is 0 Å². The average molecular weight is 323 g/mol. The minimum Gasteiger partial charge on any atom is -0.297 e. The number of hydrogen-bond donors (Lipinski definition) is 0. The number of nitrogens with zero attached hydrogens (tertiary/aromatic N) is 3. The molecule has 5 heteroatoms. The third-order valence-corrected chi connectivity index (χ3v) is 4.43. The van der Waals surface area contributed by atoms with Gasteiger partial charge in [-0.1, -0.05) is 6.92 Å². The standard InChI is InChI=1S/C12H21BrClN3/c1-5-10-12(13)11(17(6-2)15-10)8-16(4)9(3)7-14/h9H,5-8H2,1-4H3. The number of alkyl halides is 1. The van der Waals surface area contributed by atoms with Gasteiger partial charge < -0.3 is 0 Å². The summed E-state index contributed by atoms with van der Waals surface area (Å²) >= 11 is 9.54. The van der Waals surface area contributed by atoms with Gasteiger partial charge in [-0.05, 0) is 43.2 Å². The average Bonchev–Trinajstić information content (AvgIpc) is 2.65. The van der Waals surface area contributed by atoms with Gasteiger partial charge in [0.05, 0.1) is 15.9 Å². The Morgan fingerprint density at radius 2 is 2.12 bits per heavy atom. The van der Waals surface area contributed by atoms with E-state index in [0.717, 1.165) is 29.7 Å². The molecule has 0 aliphatic heterocycles. The largest absolute Gasteiger partial charge is 0.297 e. The van der Waals surface area contributed by atoms with Gasteiger partial charge in [0, 0.05) is 25.0 Å². The minimum atomic E-state index is 0.369. The first-order valence-electron chi connectivity index (χ1n) is 6.05. The van der Waals surface area contributed by atoms with E-state index < -0.39 is 0 Å². The number of aryl methyl sites for hydroxylation is 2. The maximum Gasteiger partial charge on any atom is 0.0767 e. The molecule has 0 radical (unpaired) electrons. The van der Waals surface area contributed by atoms with Crippen molar-refractivity contribution in [2.45, 2.75) is 46.3 Å². The summed E-state index contributed by atoms with van der Waals surface area (Å²) in [6.45, 7) is 8.15. The first-order chi connectivity index (χ1) is 8.04. The molecule has 0 amide bonds. The molecule has 0 aliphatic carbocycles. The van der Waals surface area contributed by atoms with E-state index >= 15 is 0 Å². The second-order valence-corrected chi connectivity index (χ2v) is 5.40. The van der Waals surface area contributed by atoms with Crippen LogP contribution in [0.2, 0.25) is 0 Å². The summed E-state index contributed by atoms with van der Waals surface area (Å²) in [5, 5.41) is 4.60. The van der Waals surface area contributed by atoms with Crippen molar-refractivity contribution in [2.24, 2.45) is 0 Å². The topological polar surface area (TPSA) is 21.1 Å². The van der Waals surface area contributed by atoms with Crippen molar-refractivity contribution in [3.8, 4) is 0 Å². The van der Waals surface area contributed by atoms with E-state index in [0.29, 0.717) is 11.9 Å². The predicted molar refractivity (Wildman–Crippen MR) is 76.6 cm³/mol. The van der Waals surface area contributed by atoms with Crippen LogP contribution < -0.4 is 0 Å². The molecule has 17 heavy (non-hydrogen) atoms. The molecule has 0 saturated carbocycles. The number of rotatable bonds is 6. The van der Waals surface area contributed by atoms with Crippen molar-refractivity contribution < 1.29 is 0 Å². The van der Waals surface area contributed by atoms with Crippen molar-refractivity contribution in [3.63, 3.8) is 0 Å². The molecule has 1 heterocycles. The minimum absolute atomic E-state index is 0.369. The van der Waals surface area contributed by atoms with Crippen molar-refractivity contribution in [1.29, 1.82) is 0 Å². The lowest BCUT2D eigenvalue weighted by atomic mass is 10.2. The second kappa shape index (κ2) is 6.76. The van der Waals surface area contributed by atoms with Gasteiger partial charge in [-0.3, -0.25) is 9.58 Å². The van der Waals surface area contributed by atoms with Crippen molar-refractivity contribution in [3.05, 3.63) is 15.9 Å². The molecule has 1 aromatic heterocycles. The Balaban J connectivity index is 2.92. The molecule has 0 spiro atoms. The molecule has 1 unspecified atom stereocenters. The summed E-state index contributed by atoms with van der Waals surface area (Å²) in [6.07, 6.45) is 0.954. The fourth-order valence-electron chi connectivity index (χ4n) is 1.68. The van der Waals surface area contributed by atoms with Crippen molar-refractivity contribution in [2.75, 3.05) is 12.9 Å². The van der Waals surface area contributed by atoms with Crippen LogP contribution >= 0.6 is 27.5 Å². The fourth-order valence-corrected chi connectivity index (χ4v) is 2.60. The van der Waals surface area contributed by atoms with Gasteiger partial charge >= 0.3 is 0 Å². The van der Waals surface area contributed by atoms with E-state index in [1.165, 1.54) is 5.69 Å². The molecule has 0 bridgehead atoms. The molecule has 1 aromatic rings. The van der Waals surface area contributed by atoms with Gasteiger partial charge in [-0.25, -0.2) is 0 Å². The van der Waals surface area contributed by atoms with Gasteiger partial charge in [0.25, 0.3) is 0 Å². The van der Waals surface area contributed by atoms with E-state index in [-0.39, 0.29) is 0 Å². The third kappa shape index (κ3) is 3.46.